The molecular weight excluding hydrogens is 272 g/mol. The maximum Gasteiger partial charge on any atom is 0.232 e. The molecule has 0 bridgehead atoms. The molecule has 5 heteroatoms. The van der Waals surface area contributed by atoms with Crippen LogP contribution in [0.3, 0.4) is 0 Å². The zero-order valence-corrected chi connectivity index (χ0v) is 13.1. The average Bonchev–Trinajstić information content (AvgIpc) is 2.42. The summed E-state index contributed by atoms with van der Waals surface area (Å²) in [4.78, 5) is 0. The second kappa shape index (κ2) is 6.59. The van der Waals surface area contributed by atoms with Crippen LogP contribution in [0.5, 0.6) is 0 Å². The quantitative estimate of drug-likeness (QED) is 0.877. The van der Waals surface area contributed by atoms with E-state index >= 15 is 0 Å². The fraction of sp³-hybridized carbons (Fsp3) is 0.600. The Bertz CT molecular complexity index is 529. The van der Waals surface area contributed by atoms with Crippen molar-refractivity contribution in [1.82, 2.24) is 5.32 Å². The first-order valence-electron chi connectivity index (χ1n) is 7.25. The molecule has 1 saturated heterocycles. The van der Waals surface area contributed by atoms with E-state index in [2.05, 4.69) is 10.0 Å². The molecule has 0 amide bonds. The maximum absolute atomic E-state index is 12.2. The van der Waals surface area contributed by atoms with Crippen molar-refractivity contribution in [2.45, 2.75) is 33.1 Å². The van der Waals surface area contributed by atoms with Crippen LogP contribution >= 0.6 is 0 Å². The van der Waals surface area contributed by atoms with Gasteiger partial charge in [0.05, 0.1) is 11.4 Å². The molecule has 112 valence electrons. The number of nitrogens with one attached hydrogen (secondary N) is 2. The lowest BCUT2D eigenvalue weighted by molar-refractivity contribution is 0.365. The van der Waals surface area contributed by atoms with E-state index in [1.165, 1.54) is 0 Å². The SMILES string of the molecule is Cc1cccc(C)c1NS(=O)(=O)CCC1CCNCC1. The van der Waals surface area contributed by atoms with Gasteiger partial charge in [0.2, 0.25) is 10.0 Å². The minimum Gasteiger partial charge on any atom is -0.317 e. The highest BCUT2D eigenvalue weighted by Crippen LogP contribution is 2.22. The largest absolute Gasteiger partial charge is 0.317 e. The van der Waals surface area contributed by atoms with Crippen LogP contribution in [-0.4, -0.2) is 27.3 Å². The smallest absolute Gasteiger partial charge is 0.232 e. The van der Waals surface area contributed by atoms with Gasteiger partial charge in [0, 0.05) is 0 Å². The van der Waals surface area contributed by atoms with Gasteiger partial charge in [0.15, 0.2) is 0 Å². The van der Waals surface area contributed by atoms with Crippen molar-refractivity contribution < 1.29 is 8.42 Å². The molecule has 1 fully saturated rings. The summed E-state index contributed by atoms with van der Waals surface area (Å²) in [7, 11) is -3.25. The summed E-state index contributed by atoms with van der Waals surface area (Å²) < 4.78 is 27.2. The fourth-order valence-electron chi connectivity index (χ4n) is 2.67. The molecule has 0 atom stereocenters. The average molecular weight is 296 g/mol. The molecule has 0 saturated carbocycles. The van der Waals surface area contributed by atoms with Crippen LogP contribution in [0.1, 0.15) is 30.4 Å². The number of sulfonamides is 1. The highest BCUT2D eigenvalue weighted by molar-refractivity contribution is 7.92. The molecule has 0 aromatic heterocycles. The lowest BCUT2D eigenvalue weighted by Gasteiger charge is -2.22. The van der Waals surface area contributed by atoms with Gasteiger partial charge in [0.1, 0.15) is 0 Å². The van der Waals surface area contributed by atoms with Crippen LogP contribution < -0.4 is 10.0 Å². The van der Waals surface area contributed by atoms with Crippen molar-refractivity contribution >= 4 is 15.7 Å². The Kier molecular flexibility index (Phi) is 5.05. The summed E-state index contributed by atoms with van der Waals surface area (Å²) in [6.07, 6.45) is 2.92. The van der Waals surface area contributed by atoms with E-state index in [9.17, 15) is 8.42 Å². The number of piperidine rings is 1. The molecule has 2 rings (SSSR count). The highest BCUT2D eigenvalue weighted by atomic mass is 32.2. The van der Waals surface area contributed by atoms with Gasteiger partial charge < -0.3 is 5.32 Å². The second-order valence-corrected chi connectivity index (χ2v) is 7.51. The number of rotatable bonds is 5. The van der Waals surface area contributed by atoms with Gasteiger partial charge >= 0.3 is 0 Å². The Labute approximate surface area is 122 Å². The van der Waals surface area contributed by atoms with Crippen LogP contribution in [0.25, 0.3) is 0 Å². The predicted molar refractivity (Wildman–Crippen MR) is 83.5 cm³/mol. The van der Waals surface area contributed by atoms with Crippen molar-refractivity contribution in [2.24, 2.45) is 5.92 Å². The molecule has 1 aromatic rings. The minimum absolute atomic E-state index is 0.214. The third-order valence-electron chi connectivity index (χ3n) is 3.99. The van der Waals surface area contributed by atoms with E-state index in [1.807, 2.05) is 32.0 Å². The summed E-state index contributed by atoms with van der Waals surface area (Å²) >= 11 is 0. The van der Waals surface area contributed by atoms with Crippen molar-refractivity contribution in [3.63, 3.8) is 0 Å². The monoisotopic (exact) mass is 296 g/mol. The van der Waals surface area contributed by atoms with E-state index < -0.39 is 10.0 Å². The Morgan fingerprint density at radius 2 is 1.80 bits per heavy atom. The molecule has 1 aromatic carbocycles. The van der Waals surface area contributed by atoms with Crippen LogP contribution in [0.15, 0.2) is 18.2 Å². The standard InChI is InChI=1S/C15H24N2O2S/c1-12-4-3-5-13(2)15(12)17-20(18,19)11-8-14-6-9-16-10-7-14/h3-5,14,16-17H,6-11H2,1-2H3. The van der Waals surface area contributed by atoms with Gasteiger partial charge in [-0.15, -0.1) is 0 Å². The van der Waals surface area contributed by atoms with Crippen LogP contribution in [0.4, 0.5) is 5.69 Å². The third-order valence-corrected chi connectivity index (χ3v) is 5.28. The summed E-state index contributed by atoms with van der Waals surface area (Å²) in [5, 5.41) is 3.30. The van der Waals surface area contributed by atoms with Gasteiger partial charge in [-0.3, -0.25) is 4.72 Å². The Morgan fingerprint density at radius 3 is 2.40 bits per heavy atom. The molecule has 1 aliphatic rings. The normalized spacial score (nSPS) is 17.1. The van der Waals surface area contributed by atoms with Gasteiger partial charge in [0.25, 0.3) is 0 Å². The van der Waals surface area contributed by atoms with E-state index in [1.54, 1.807) is 0 Å². The van der Waals surface area contributed by atoms with Crippen LogP contribution in [-0.2, 0) is 10.0 Å². The van der Waals surface area contributed by atoms with E-state index in [0.717, 1.165) is 49.2 Å². The third kappa shape index (κ3) is 4.21. The summed E-state index contributed by atoms with van der Waals surface area (Å²) in [6, 6.07) is 5.80. The first kappa shape index (κ1) is 15.3. The predicted octanol–water partition coefficient (Wildman–Crippen LogP) is 2.43. The number of benzene rings is 1. The number of aryl methyl sites for hydroxylation is 2. The molecule has 1 heterocycles. The topological polar surface area (TPSA) is 58.2 Å². The second-order valence-electron chi connectivity index (χ2n) is 5.67. The van der Waals surface area contributed by atoms with Crippen molar-refractivity contribution in [2.75, 3.05) is 23.6 Å². The van der Waals surface area contributed by atoms with Crippen LogP contribution in [0, 0.1) is 19.8 Å². The zero-order chi connectivity index (χ0) is 14.6. The Hall–Kier alpha value is -1.07. The molecule has 20 heavy (non-hydrogen) atoms. The maximum atomic E-state index is 12.2. The molecule has 0 unspecified atom stereocenters. The number of para-hydroxylation sites is 1. The zero-order valence-electron chi connectivity index (χ0n) is 12.3. The van der Waals surface area contributed by atoms with E-state index in [0.29, 0.717) is 5.92 Å². The van der Waals surface area contributed by atoms with Gasteiger partial charge in [-0.25, -0.2) is 8.42 Å². The van der Waals surface area contributed by atoms with E-state index in [4.69, 9.17) is 0 Å². The van der Waals surface area contributed by atoms with Crippen molar-refractivity contribution in [3.05, 3.63) is 29.3 Å². The molecule has 1 aliphatic heterocycles. The Morgan fingerprint density at radius 1 is 1.20 bits per heavy atom. The lowest BCUT2D eigenvalue weighted by atomic mass is 9.96. The molecular formula is C15H24N2O2S. The summed E-state index contributed by atoms with van der Waals surface area (Å²) in [5.74, 6) is 0.747. The Balaban J connectivity index is 1.96. The lowest BCUT2D eigenvalue weighted by Crippen LogP contribution is -2.29. The highest BCUT2D eigenvalue weighted by Gasteiger charge is 2.18. The number of anilines is 1. The van der Waals surface area contributed by atoms with Gasteiger partial charge in [-0.2, -0.15) is 0 Å². The summed E-state index contributed by atoms with van der Waals surface area (Å²) in [5.41, 5.74) is 2.67. The molecule has 0 radical (unpaired) electrons. The molecule has 2 N–H and O–H groups in total. The van der Waals surface area contributed by atoms with Crippen molar-refractivity contribution in [3.8, 4) is 0 Å². The molecule has 4 nitrogen and oxygen atoms in total. The number of hydrogen-bond donors (Lipinski definition) is 2. The van der Waals surface area contributed by atoms with E-state index in [-0.39, 0.29) is 5.75 Å². The minimum atomic E-state index is -3.25. The molecule has 0 aliphatic carbocycles. The van der Waals surface area contributed by atoms with Gasteiger partial charge in [-0.1, -0.05) is 18.2 Å². The fourth-order valence-corrected chi connectivity index (χ4v) is 4.05. The first-order valence-corrected chi connectivity index (χ1v) is 8.90. The van der Waals surface area contributed by atoms with Crippen LogP contribution in [0.2, 0.25) is 0 Å². The summed E-state index contributed by atoms with van der Waals surface area (Å²) in [6.45, 7) is 5.87. The molecule has 0 spiro atoms. The van der Waals surface area contributed by atoms with Gasteiger partial charge in [-0.05, 0) is 63.2 Å². The first-order chi connectivity index (χ1) is 9.48. The number of hydrogen-bond acceptors (Lipinski definition) is 3. The van der Waals surface area contributed by atoms with Crippen molar-refractivity contribution in [1.29, 1.82) is 0 Å².